The molecule has 30 heavy (non-hydrogen) atoms. The van der Waals surface area contributed by atoms with E-state index in [4.69, 9.17) is 4.74 Å². The molecule has 0 aliphatic rings. The van der Waals surface area contributed by atoms with Crippen molar-refractivity contribution in [2.24, 2.45) is 0 Å². The number of amides is 1. The van der Waals surface area contributed by atoms with Gasteiger partial charge in [-0.15, -0.1) is 0 Å². The third-order valence-electron chi connectivity index (χ3n) is 4.10. The van der Waals surface area contributed by atoms with Crippen LogP contribution in [-0.2, 0) is 11.4 Å². The lowest BCUT2D eigenvalue weighted by molar-refractivity contribution is -0.112. The molecule has 3 aromatic carbocycles. The van der Waals surface area contributed by atoms with Gasteiger partial charge in [-0.1, -0.05) is 46.3 Å². The van der Waals surface area contributed by atoms with E-state index in [1.54, 1.807) is 42.5 Å². The van der Waals surface area contributed by atoms with Gasteiger partial charge in [0, 0.05) is 15.6 Å². The molecule has 150 valence electrons. The summed E-state index contributed by atoms with van der Waals surface area (Å²) in [6, 6.07) is 18.7. The van der Waals surface area contributed by atoms with Crippen LogP contribution in [0.4, 0.5) is 14.5 Å². The molecule has 0 unspecified atom stereocenters. The Labute approximate surface area is 180 Å². The standard InChI is InChI=1S/C23H15BrF2N2O2/c24-18-9-10-22(30-14-15-5-1-2-6-19(15)25)16(12-18)11-17(13-27)23(29)28-21-8-4-3-7-20(21)26/h1-12H,14H2,(H,28,29)/b17-11-. The number of carbonyl (C=O) groups is 1. The quantitative estimate of drug-likeness (QED) is 0.364. The zero-order chi connectivity index (χ0) is 21.5. The first-order valence-electron chi connectivity index (χ1n) is 8.81. The third kappa shape index (κ3) is 5.31. The van der Waals surface area contributed by atoms with E-state index in [1.807, 2.05) is 6.07 Å². The molecule has 0 atom stereocenters. The van der Waals surface area contributed by atoms with E-state index in [2.05, 4.69) is 21.2 Å². The van der Waals surface area contributed by atoms with Gasteiger partial charge in [0.05, 0.1) is 5.69 Å². The minimum atomic E-state index is -0.761. The number of ether oxygens (including phenoxy) is 1. The van der Waals surface area contributed by atoms with Crippen molar-refractivity contribution in [3.8, 4) is 11.8 Å². The van der Waals surface area contributed by atoms with Crippen molar-refractivity contribution < 1.29 is 18.3 Å². The average molecular weight is 469 g/mol. The summed E-state index contributed by atoms with van der Waals surface area (Å²) in [5.41, 5.74) is 0.523. The fourth-order valence-electron chi connectivity index (χ4n) is 2.59. The van der Waals surface area contributed by atoms with Crippen LogP contribution in [0.1, 0.15) is 11.1 Å². The molecule has 0 aliphatic carbocycles. The van der Waals surface area contributed by atoms with Crippen LogP contribution in [0.15, 0.2) is 76.8 Å². The van der Waals surface area contributed by atoms with Crippen molar-refractivity contribution in [2.45, 2.75) is 6.61 Å². The van der Waals surface area contributed by atoms with E-state index >= 15 is 0 Å². The molecule has 0 bridgehead atoms. The van der Waals surface area contributed by atoms with Crippen molar-refractivity contribution in [3.05, 3.63) is 99.5 Å². The lowest BCUT2D eigenvalue weighted by atomic mass is 10.1. The van der Waals surface area contributed by atoms with Gasteiger partial charge in [-0.05, 0) is 42.5 Å². The highest BCUT2D eigenvalue weighted by molar-refractivity contribution is 9.10. The molecule has 3 rings (SSSR count). The van der Waals surface area contributed by atoms with Crippen LogP contribution < -0.4 is 10.1 Å². The Bertz CT molecular complexity index is 1160. The normalized spacial score (nSPS) is 10.9. The van der Waals surface area contributed by atoms with Crippen LogP contribution in [0.5, 0.6) is 5.75 Å². The van der Waals surface area contributed by atoms with E-state index in [9.17, 15) is 18.8 Å². The number of halogens is 3. The summed E-state index contributed by atoms with van der Waals surface area (Å²) in [5, 5.41) is 11.8. The molecular weight excluding hydrogens is 454 g/mol. The van der Waals surface area contributed by atoms with E-state index in [1.165, 1.54) is 30.3 Å². The maximum Gasteiger partial charge on any atom is 0.266 e. The Kier molecular flexibility index (Phi) is 6.94. The molecule has 7 heteroatoms. The topological polar surface area (TPSA) is 62.1 Å². The zero-order valence-electron chi connectivity index (χ0n) is 15.5. The van der Waals surface area contributed by atoms with Gasteiger partial charge < -0.3 is 10.1 Å². The smallest absolute Gasteiger partial charge is 0.266 e. The minimum absolute atomic E-state index is 0.0293. The highest BCUT2D eigenvalue weighted by Gasteiger charge is 2.14. The number of hydrogen-bond acceptors (Lipinski definition) is 3. The van der Waals surface area contributed by atoms with E-state index in [0.717, 1.165) is 0 Å². The summed E-state index contributed by atoms with van der Waals surface area (Å²) in [6.45, 7) is -0.0293. The molecule has 0 saturated heterocycles. The highest BCUT2D eigenvalue weighted by atomic mass is 79.9. The molecule has 0 saturated carbocycles. The second-order valence-corrected chi connectivity index (χ2v) is 7.08. The monoisotopic (exact) mass is 468 g/mol. The van der Waals surface area contributed by atoms with E-state index in [-0.39, 0.29) is 17.9 Å². The second kappa shape index (κ2) is 9.81. The van der Waals surface area contributed by atoms with Gasteiger partial charge in [0.15, 0.2) is 0 Å². The third-order valence-corrected chi connectivity index (χ3v) is 4.59. The van der Waals surface area contributed by atoms with Gasteiger partial charge in [-0.3, -0.25) is 4.79 Å². The maximum absolute atomic E-state index is 13.8. The fraction of sp³-hybridized carbons (Fsp3) is 0.0435. The van der Waals surface area contributed by atoms with Crippen molar-refractivity contribution in [1.82, 2.24) is 0 Å². The number of carbonyl (C=O) groups excluding carboxylic acids is 1. The first-order chi connectivity index (χ1) is 14.5. The van der Waals surface area contributed by atoms with Crippen LogP contribution >= 0.6 is 15.9 Å². The van der Waals surface area contributed by atoms with Crippen molar-refractivity contribution in [1.29, 1.82) is 5.26 Å². The van der Waals surface area contributed by atoms with Crippen molar-refractivity contribution >= 4 is 33.6 Å². The molecule has 1 amide bonds. The number of anilines is 1. The molecule has 0 aromatic heterocycles. The molecule has 1 N–H and O–H groups in total. The van der Waals surface area contributed by atoms with Gasteiger partial charge >= 0.3 is 0 Å². The first-order valence-corrected chi connectivity index (χ1v) is 9.60. The molecule has 0 spiro atoms. The number of hydrogen-bond donors (Lipinski definition) is 1. The number of nitrogens with one attached hydrogen (secondary N) is 1. The van der Waals surface area contributed by atoms with Crippen LogP contribution in [0.3, 0.4) is 0 Å². The molecule has 0 radical (unpaired) electrons. The summed E-state index contributed by atoms with van der Waals surface area (Å²) in [5.74, 6) is -1.41. The molecule has 0 fully saturated rings. The van der Waals surface area contributed by atoms with Crippen molar-refractivity contribution in [2.75, 3.05) is 5.32 Å². The largest absolute Gasteiger partial charge is 0.488 e. The van der Waals surface area contributed by atoms with Gasteiger partial charge in [-0.2, -0.15) is 5.26 Å². The van der Waals surface area contributed by atoms with Crippen LogP contribution in [0, 0.1) is 23.0 Å². The van der Waals surface area contributed by atoms with Crippen LogP contribution in [0.25, 0.3) is 6.08 Å². The van der Waals surface area contributed by atoms with Gasteiger partial charge in [0.25, 0.3) is 5.91 Å². The summed E-state index contributed by atoms with van der Waals surface area (Å²) in [4.78, 5) is 12.4. The summed E-state index contributed by atoms with van der Waals surface area (Å²) in [6.07, 6.45) is 1.33. The predicted molar refractivity (Wildman–Crippen MR) is 113 cm³/mol. The Hall–Kier alpha value is -3.50. The van der Waals surface area contributed by atoms with Crippen LogP contribution in [0.2, 0.25) is 0 Å². The van der Waals surface area contributed by atoms with Crippen molar-refractivity contribution in [3.63, 3.8) is 0 Å². The number of benzene rings is 3. The molecule has 0 heterocycles. The summed E-state index contributed by atoms with van der Waals surface area (Å²) >= 11 is 3.34. The first kappa shape index (κ1) is 21.2. The lowest BCUT2D eigenvalue weighted by Crippen LogP contribution is -2.14. The fourth-order valence-corrected chi connectivity index (χ4v) is 2.97. The van der Waals surface area contributed by atoms with Gasteiger partial charge in [-0.25, -0.2) is 8.78 Å². The minimum Gasteiger partial charge on any atom is -0.488 e. The van der Waals surface area contributed by atoms with E-state index in [0.29, 0.717) is 21.3 Å². The lowest BCUT2D eigenvalue weighted by Gasteiger charge is -2.11. The van der Waals surface area contributed by atoms with Crippen LogP contribution in [-0.4, -0.2) is 5.91 Å². The number of nitriles is 1. The molecule has 4 nitrogen and oxygen atoms in total. The van der Waals surface area contributed by atoms with E-state index < -0.39 is 17.5 Å². The Morgan fingerprint density at radius 3 is 2.47 bits per heavy atom. The molecular formula is C23H15BrF2N2O2. The van der Waals surface area contributed by atoms with Gasteiger partial charge in [0.2, 0.25) is 0 Å². The number of rotatable bonds is 6. The summed E-state index contributed by atoms with van der Waals surface area (Å²) in [7, 11) is 0. The zero-order valence-corrected chi connectivity index (χ0v) is 17.1. The SMILES string of the molecule is N#C/C(=C/c1cc(Br)ccc1OCc1ccccc1F)C(=O)Nc1ccccc1F. The maximum atomic E-state index is 13.8. The number of para-hydroxylation sites is 1. The van der Waals surface area contributed by atoms with Gasteiger partial charge in [0.1, 0.15) is 35.6 Å². The Balaban J connectivity index is 1.86. The Morgan fingerprint density at radius 2 is 1.77 bits per heavy atom. The highest BCUT2D eigenvalue weighted by Crippen LogP contribution is 2.27. The number of nitrogens with zero attached hydrogens (tertiary/aromatic N) is 1. The molecule has 0 aliphatic heterocycles. The predicted octanol–water partition coefficient (Wildman–Crippen LogP) is 5.85. The second-order valence-electron chi connectivity index (χ2n) is 6.17. The summed E-state index contributed by atoms with van der Waals surface area (Å²) < 4.78 is 34.0. The molecule has 3 aromatic rings. The average Bonchev–Trinajstić information content (AvgIpc) is 2.74. The Morgan fingerprint density at radius 1 is 1.07 bits per heavy atom.